The third-order valence-corrected chi connectivity index (χ3v) is 7.77. The maximum absolute atomic E-state index is 12.7. The number of benzene rings is 1. The zero-order valence-electron chi connectivity index (χ0n) is 24.7. The van der Waals surface area contributed by atoms with E-state index in [1.54, 1.807) is 11.5 Å². The zero-order chi connectivity index (χ0) is 30.1. The lowest BCUT2D eigenvalue weighted by atomic mass is 9.99. The number of unbranched alkanes of at least 4 members (excludes halogenated alkanes) is 2. The fourth-order valence-electron chi connectivity index (χ4n) is 5.27. The van der Waals surface area contributed by atoms with Crippen molar-refractivity contribution in [3.63, 3.8) is 0 Å². The first-order valence-electron chi connectivity index (χ1n) is 15.0. The summed E-state index contributed by atoms with van der Waals surface area (Å²) in [4.78, 5) is 52.0. The summed E-state index contributed by atoms with van der Waals surface area (Å²) < 4.78 is 7.22. The first-order valence-corrected chi connectivity index (χ1v) is 15.0. The summed E-state index contributed by atoms with van der Waals surface area (Å²) in [6.45, 7) is 8.53. The van der Waals surface area contributed by atoms with Gasteiger partial charge in [0.15, 0.2) is 11.5 Å². The lowest BCUT2D eigenvalue weighted by Gasteiger charge is -2.24. The number of aromatic nitrogens is 4. The fraction of sp³-hybridized carbons (Fsp3) is 0.567. The molecule has 12 heteroatoms. The molecular weight excluding hydrogens is 538 g/mol. The van der Waals surface area contributed by atoms with E-state index in [0.717, 1.165) is 75.8 Å². The largest absolute Gasteiger partial charge is 0.481 e. The molecule has 1 aromatic carbocycles. The van der Waals surface area contributed by atoms with Crippen LogP contribution < -0.4 is 16.2 Å². The van der Waals surface area contributed by atoms with Crippen molar-refractivity contribution >= 4 is 28.9 Å². The molecule has 0 saturated carbocycles. The highest BCUT2D eigenvalue weighted by Gasteiger charge is 2.20. The number of nitrogen functional groups attached to an aromatic ring is 1. The van der Waals surface area contributed by atoms with Gasteiger partial charge in [0.05, 0.1) is 12.5 Å². The van der Waals surface area contributed by atoms with E-state index in [1.165, 1.54) is 0 Å². The molecule has 42 heavy (non-hydrogen) atoms. The quantitative estimate of drug-likeness (QED) is 0.203. The number of imidazole rings is 1. The second-order valence-corrected chi connectivity index (χ2v) is 11.0. The second-order valence-electron chi connectivity index (χ2n) is 11.0. The van der Waals surface area contributed by atoms with Crippen molar-refractivity contribution < 1.29 is 19.4 Å². The van der Waals surface area contributed by atoms with E-state index in [1.807, 2.05) is 29.2 Å². The summed E-state index contributed by atoms with van der Waals surface area (Å²) in [7, 11) is 0. The van der Waals surface area contributed by atoms with Crippen molar-refractivity contribution in [2.24, 2.45) is 0 Å². The predicted octanol–water partition coefficient (Wildman–Crippen LogP) is 3.36. The van der Waals surface area contributed by atoms with Gasteiger partial charge in [0.25, 0.3) is 0 Å². The van der Waals surface area contributed by atoms with Gasteiger partial charge in [-0.25, -0.2) is 4.79 Å². The van der Waals surface area contributed by atoms with E-state index >= 15 is 0 Å². The van der Waals surface area contributed by atoms with Crippen molar-refractivity contribution in [1.82, 2.24) is 29.3 Å². The molecule has 2 aromatic heterocycles. The van der Waals surface area contributed by atoms with E-state index in [0.29, 0.717) is 37.3 Å². The normalized spacial score (nSPS) is 14.3. The number of aliphatic carboxylic acids is 1. The van der Waals surface area contributed by atoms with Crippen LogP contribution in [0.4, 0.5) is 5.82 Å². The molecule has 1 aliphatic rings. The number of fused-ring (bicyclic) bond motifs is 1. The Bertz CT molecular complexity index is 1420. The molecular formula is C30H43N7O5. The summed E-state index contributed by atoms with van der Waals surface area (Å²) in [6, 6.07) is 7.91. The van der Waals surface area contributed by atoms with Gasteiger partial charge in [-0.2, -0.15) is 9.97 Å². The molecule has 0 radical (unpaired) electrons. The van der Waals surface area contributed by atoms with Crippen molar-refractivity contribution in [3.8, 4) is 6.01 Å². The standard InChI is InChI=1S/C30H43N7O5/c1-3-4-18-42-29-33-26(31)25-27(34-29)37(30(41)32-25)17-6-5-13-35(14-9-16-36-15-8-12-24(36)38)20-22-10-7-11-23(19-22)21(2)28(39)40/h7,10-11,19,21H,3-6,8-9,12-18,20H2,1-2H3,(H,32,41)(H,39,40)(H2,31,33,34). The van der Waals surface area contributed by atoms with Gasteiger partial charge in [0, 0.05) is 39.1 Å². The Balaban J connectivity index is 1.40. The molecule has 0 aliphatic carbocycles. The molecule has 12 nitrogen and oxygen atoms in total. The number of carboxylic acid groups (broad SMARTS) is 1. The number of nitrogens with zero attached hydrogens (tertiary/aromatic N) is 5. The maximum atomic E-state index is 12.7. The van der Waals surface area contributed by atoms with Crippen molar-refractivity contribution in [1.29, 1.82) is 0 Å². The Kier molecular flexibility index (Phi) is 10.9. The number of carbonyl (C=O) groups excluding carboxylic acids is 1. The third-order valence-electron chi connectivity index (χ3n) is 7.77. The topological polar surface area (TPSA) is 160 Å². The van der Waals surface area contributed by atoms with Gasteiger partial charge >= 0.3 is 17.7 Å². The highest BCUT2D eigenvalue weighted by molar-refractivity contribution is 5.82. The molecule has 1 atom stereocenters. The third kappa shape index (κ3) is 8.09. The van der Waals surface area contributed by atoms with Crippen LogP contribution in [0.5, 0.6) is 6.01 Å². The van der Waals surface area contributed by atoms with Crippen LogP contribution in [-0.2, 0) is 22.7 Å². The minimum atomic E-state index is -0.849. The van der Waals surface area contributed by atoms with Gasteiger partial charge in [-0.3, -0.25) is 19.1 Å². The molecule has 4 rings (SSSR count). The van der Waals surface area contributed by atoms with Gasteiger partial charge in [-0.05, 0) is 56.7 Å². The number of nitrogens with two attached hydrogens (primary N) is 1. The highest BCUT2D eigenvalue weighted by Crippen LogP contribution is 2.20. The fourth-order valence-corrected chi connectivity index (χ4v) is 5.27. The van der Waals surface area contributed by atoms with Crippen LogP contribution in [0.25, 0.3) is 11.2 Å². The number of ether oxygens (including phenoxy) is 1. The Labute approximate surface area is 245 Å². The molecule has 3 heterocycles. The zero-order valence-corrected chi connectivity index (χ0v) is 24.7. The molecule has 0 spiro atoms. The highest BCUT2D eigenvalue weighted by atomic mass is 16.5. The average Bonchev–Trinajstić information content (AvgIpc) is 3.52. The number of rotatable bonds is 17. The Morgan fingerprint density at radius 1 is 1.17 bits per heavy atom. The van der Waals surface area contributed by atoms with E-state index in [2.05, 4.69) is 26.8 Å². The predicted molar refractivity (Wildman–Crippen MR) is 160 cm³/mol. The molecule has 4 N–H and O–H groups in total. The number of aromatic amines is 1. The monoisotopic (exact) mass is 581 g/mol. The number of carbonyl (C=O) groups is 2. The number of carboxylic acids is 1. The van der Waals surface area contributed by atoms with Crippen LogP contribution in [0.15, 0.2) is 29.1 Å². The van der Waals surface area contributed by atoms with Crippen LogP contribution in [0.1, 0.15) is 75.8 Å². The smallest absolute Gasteiger partial charge is 0.327 e. The summed E-state index contributed by atoms with van der Waals surface area (Å²) in [5.41, 5.74) is 8.48. The average molecular weight is 582 g/mol. The number of H-pyrrole nitrogens is 1. The van der Waals surface area contributed by atoms with E-state index < -0.39 is 11.9 Å². The molecule has 1 unspecified atom stereocenters. The number of hydrogen-bond donors (Lipinski definition) is 3. The van der Waals surface area contributed by atoms with Crippen molar-refractivity contribution in [2.75, 3.05) is 38.5 Å². The molecule has 228 valence electrons. The Hall–Kier alpha value is -3.93. The van der Waals surface area contributed by atoms with E-state index in [-0.39, 0.29) is 23.4 Å². The second kappa shape index (κ2) is 14.8. The Morgan fingerprint density at radius 3 is 2.71 bits per heavy atom. The maximum Gasteiger partial charge on any atom is 0.327 e. The number of hydrogen-bond acceptors (Lipinski definition) is 8. The molecule has 0 bridgehead atoms. The van der Waals surface area contributed by atoms with Crippen LogP contribution in [0, 0.1) is 0 Å². The Morgan fingerprint density at radius 2 is 1.98 bits per heavy atom. The summed E-state index contributed by atoms with van der Waals surface area (Å²) in [5.74, 6) is -1.02. The lowest BCUT2D eigenvalue weighted by molar-refractivity contribution is -0.138. The SMILES string of the molecule is CCCCOc1nc(N)c2[nH]c(=O)n(CCCCN(CCCN3CCCC3=O)Cc3cccc(C(C)C(=O)O)c3)c2n1. The number of anilines is 1. The molecule has 1 fully saturated rings. The van der Waals surface area contributed by atoms with Gasteiger partial charge in [-0.15, -0.1) is 0 Å². The summed E-state index contributed by atoms with van der Waals surface area (Å²) >= 11 is 0. The molecule has 1 aliphatic heterocycles. The molecule has 1 amide bonds. The number of nitrogens with one attached hydrogen (secondary N) is 1. The number of aryl methyl sites for hydroxylation is 1. The minimum Gasteiger partial charge on any atom is -0.481 e. The summed E-state index contributed by atoms with van der Waals surface area (Å²) in [6.07, 6.45) is 5.83. The minimum absolute atomic E-state index is 0.170. The van der Waals surface area contributed by atoms with E-state index in [9.17, 15) is 19.5 Å². The molecule has 3 aromatic rings. The number of likely N-dealkylation sites (tertiary alicyclic amines) is 1. The van der Waals surface area contributed by atoms with Crippen molar-refractivity contribution in [3.05, 3.63) is 45.9 Å². The van der Waals surface area contributed by atoms with Crippen LogP contribution in [0.3, 0.4) is 0 Å². The van der Waals surface area contributed by atoms with Crippen LogP contribution >= 0.6 is 0 Å². The number of amides is 1. The lowest BCUT2D eigenvalue weighted by Crippen LogP contribution is -2.31. The molecule has 1 saturated heterocycles. The van der Waals surface area contributed by atoms with Crippen LogP contribution in [-0.4, -0.2) is 79.1 Å². The van der Waals surface area contributed by atoms with Gasteiger partial charge in [-0.1, -0.05) is 37.6 Å². The first kappa shape index (κ1) is 31.0. The van der Waals surface area contributed by atoms with Crippen LogP contribution in [0.2, 0.25) is 0 Å². The van der Waals surface area contributed by atoms with Gasteiger partial charge in [0.2, 0.25) is 5.91 Å². The first-order chi connectivity index (χ1) is 20.3. The van der Waals surface area contributed by atoms with Gasteiger partial charge in [0.1, 0.15) is 5.52 Å². The van der Waals surface area contributed by atoms with Crippen molar-refractivity contribution in [2.45, 2.75) is 77.8 Å². The summed E-state index contributed by atoms with van der Waals surface area (Å²) in [5, 5.41) is 9.44. The van der Waals surface area contributed by atoms with Gasteiger partial charge < -0.3 is 25.5 Å². The van der Waals surface area contributed by atoms with E-state index in [4.69, 9.17) is 10.5 Å².